The minimum atomic E-state index is -0.799. The Morgan fingerprint density at radius 1 is 1.19 bits per heavy atom. The van der Waals surface area contributed by atoms with Crippen LogP contribution in [0.1, 0.15) is 82.9 Å². The van der Waals surface area contributed by atoms with Crippen molar-refractivity contribution in [2.75, 3.05) is 6.54 Å². The zero-order chi connectivity index (χ0) is 27.0. The summed E-state index contributed by atoms with van der Waals surface area (Å²) in [5.41, 5.74) is 2.10. The molecule has 0 radical (unpaired) electrons. The Labute approximate surface area is 219 Å². The molecule has 0 spiro atoms. The van der Waals surface area contributed by atoms with Crippen LogP contribution in [0, 0.1) is 24.2 Å². The van der Waals surface area contributed by atoms with Gasteiger partial charge in [0, 0.05) is 42.6 Å². The van der Waals surface area contributed by atoms with Crippen molar-refractivity contribution < 1.29 is 24.9 Å². The Balaban J connectivity index is 2.16. The quantitative estimate of drug-likeness (QED) is 0.170. The zero-order valence-electron chi connectivity index (χ0n) is 22.1. The van der Waals surface area contributed by atoms with Gasteiger partial charge >= 0.3 is 5.97 Å². The summed E-state index contributed by atoms with van der Waals surface area (Å²) in [4.78, 5) is 27.2. The van der Waals surface area contributed by atoms with Crippen LogP contribution in [0.15, 0.2) is 28.8 Å². The third-order valence-electron chi connectivity index (χ3n) is 7.80. The molecular weight excluding hydrogens is 478 g/mol. The van der Waals surface area contributed by atoms with E-state index in [9.17, 15) is 19.8 Å². The summed E-state index contributed by atoms with van der Waals surface area (Å²) in [5.74, 6) is -0.319. The van der Waals surface area contributed by atoms with Gasteiger partial charge in [-0.15, -0.1) is 0 Å². The van der Waals surface area contributed by atoms with Gasteiger partial charge in [0.25, 0.3) is 0 Å². The van der Waals surface area contributed by atoms with Crippen molar-refractivity contribution in [2.24, 2.45) is 22.2 Å². The third-order valence-corrected chi connectivity index (χ3v) is 8.26. The highest BCUT2D eigenvalue weighted by atomic mass is 35.5. The lowest BCUT2D eigenvalue weighted by Crippen LogP contribution is -2.40. The van der Waals surface area contributed by atoms with Crippen LogP contribution in [-0.2, 0) is 16.0 Å². The largest absolute Gasteiger partial charge is 0.507 e. The van der Waals surface area contributed by atoms with Crippen LogP contribution in [0.4, 0.5) is 0 Å². The Bertz CT molecular complexity index is 1060. The molecular formula is C29H40ClNO5. The highest BCUT2D eigenvalue weighted by Gasteiger charge is 2.41. The van der Waals surface area contributed by atoms with Gasteiger partial charge in [-0.3, -0.25) is 14.6 Å². The molecule has 1 aromatic rings. The number of carboxylic acid groups (broad SMARTS) is 1. The molecule has 3 N–H and O–H groups in total. The van der Waals surface area contributed by atoms with Crippen LogP contribution < -0.4 is 0 Å². The number of carboxylic acids is 1. The van der Waals surface area contributed by atoms with Gasteiger partial charge in [0.15, 0.2) is 0 Å². The molecule has 0 unspecified atom stereocenters. The van der Waals surface area contributed by atoms with Gasteiger partial charge in [-0.2, -0.15) is 0 Å². The summed E-state index contributed by atoms with van der Waals surface area (Å²) in [6.45, 7) is 10.5. The number of ketones is 1. The number of halogens is 1. The molecule has 1 fully saturated rings. The van der Waals surface area contributed by atoms with E-state index in [4.69, 9.17) is 16.7 Å². The predicted octanol–water partition coefficient (Wildman–Crippen LogP) is 6.81. The molecule has 198 valence electrons. The van der Waals surface area contributed by atoms with E-state index in [0.717, 1.165) is 24.8 Å². The first-order chi connectivity index (χ1) is 16.9. The van der Waals surface area contributed by atoms with Gasteiger partial charge in [-0.05, 0) is 56.4 Å². The molecule has 0 bridgehead atoms. The number of hydrogen-bond donors (Lipinski definition) is 3. The zero-order valence-corrected chi connectivity index (χ0v) is 22.9. The van der Waals surface area contributed by atoms with Gasteiger partial charge in [-0.1, -0.05) is 62.6 Å². The molecule has 1 aliphatic rings. The molecule has 6 nitrogen and oxygen atoms in total. The van der Waals surface area contributed by atoms with Crippen LogP contribution in [0.2, 0.25) is 5.02 Å². The molecule has 36 heavy (non-hydrogen) atoms. The van der Waals surface area contributed by atoms with Crippen LogP contribution in [-0.4, -0.2) is 39.8 Å². The lowest BCUT2D eigenvalue weighted by atomic mass is 9.61. The minimum absolute atomic E-state index is 0.0340. The first-order valence-electron chi connectivity index (χ1n) is 12.7. The SMILES string of the molecule is CC(/C=C/[C@@]1(C)[C@H](C)CCC(=O)[C@@H]1C)=C\Cc1c(O)c(Cl)c(C)c(/C=N\CCCCCC(=O)O)c1O. The van der Waals surface area contributed by atoms with Gasteiger partial charge in [0.05, 0.1) is 5.02 Å². The fourth-order valence-corrected chi connectivity index (χ4v) is 4.87. The van der Waals surface area contributed by atoms with Crippen molar-refractivity contribution in [1.82, 2.24) is 0 Å². The summed E-state index contributed by atoms with van der Waals surface area (Å²) in [7, 11) is 0. The van der Waals surface area contributed by atoms with Crippen molar-refractivity contribution in [3.05, 3.63) is 45.5 Å². The molecule has 2 rings (SSSR count). The van der Waals surface area contributed by atoms with E-state index in [2.05, 4.69) is 24.9 Å². The van der Waals surface area contributed by atoms with Gasteiger partial charge in [0.2, 0.25) is 0 Å². The number of unbranched alkanes of at least 4 members (excludes halogenated alkanes) is 2. The number of rotatable bonds is 11. The first kappa shape index (κ1) is 29.6. The minimum Gasteiger partial charge on any atom is -0.507 e. The van der Waals surface area contributed by atoms with Crippen molar-refractivity contribution in [2.45, 2.75) is 79.6 Å². The number of nitrogens with zero attached hydrogens (tertiary/aromatic N) is 1. The molecule has 1 aliphatic carbocycles. The van der Waals surface area contributed by atoms with E-state index >= 15 is 0 Å². The van der Waals surface area contributed by atoms with Crippen LogP contribution in [0.25, 0.3) is 0 Å². The van der Waals surface area contributed by atoms with E-state index in [-0.39, 0.29) is 40.7 Å². The Morgan fingerprint density at radius 2 is 1.89 bits per heavy atom. The molecule has 0 aromatic heterocycles. The molecule has 0 heterocycles. The van der Waals surface area contributed by atoms with Crippen molar-refractivity contribution in [1.29, 1.82) is 0 Å². The average molecular weight is 518 g/mol. The smallest absolute Gasteiger partial charge is 0.303 e. The second kappa shape index (κ2) is 13.1. The standard InChI is InChI=1S/C29H40ClNO5/c1-18(14-15-29(5)19(2)11-13-24(32)21(29)4)10-12-22-27(35)23(20(3)26(30)28(22)36)17-31-16-8-6-7-9-25(33)34/h10,14-15,17,19,21,35-36H,6-9,11-13,16H2,1-5H3,(H,33,34)/b15-14+,18-10+,31-17-/t19-,21+,29+/m1/s1. The summed E-state index contributed by atoms with van der Waals surface area (Å²) in [5, 5.41) is 30.4. The maximum absolute atomic E-state index is 12.3. The second-order valence-electron chi connectivity index (χ2n) is 10.2. The lowest BCUT2D eigenvalue weighted by Gasteiger charge is -2.42. The number of Topliss-reactive ketones (excluding diaryl/α,β-unsaturated/α-hetero) is 1. The Hall–Kier alpha value is -2.60. The van der Waals surface area contributed by atoms with E-state index in [1.807, 2.05) is 26.0 Å². The monoisotopic (exact) mass is 517 g/mol. The Kier molecular flexibility index (Phi) is 10.8. The molecule has 1 saturated carbocycles. The number of carbonyl (C=O) groups excluding carboxylic acids is 1. The van der Waals surface area contributed by atoms with Crippen molar-refractivity contribution in [3.8, 4) is 11.5 Å². The molecule has 3 atom stereocenters. The summed E-state index contributed by atoms with van der Waals surface area (Å²) in [6, 6.07) is 0. The topological polar surface area (TPSA) is 107 Å². The van der Waals surface area contributed by atoms with Crippen LogP contribution >= 0.6 is 11.6 Å². The molecule has 0 saturated heterocycles. The van der Waals surface area contributed by atoms with Crippen molar-refractivity contribution >= 4 is 29.6 Å². The van der Waals surface area contributed by atoms with E-state index in [1.165, 1.54) is 0 Å². The maximum Gasteiger partial charge on any atom is 0.303 e. The van der Waals surface area contributed by atoms with Crippen LogP contribution in [0.5, 0.6) is 11.5 Å². The number of benzene rings is 1. The highest BCUT2D eigenvalue weighted by molar-refractivity contribution is 6.33. The van der Waals surface area contributed by atoms with Crippen molar-refractivity contribution in [3.63, 3.8) is 0 Å². The van der Waals surface area contributed by atoms with E-state index in [1.54, 1.807) is 13.1 Å². The van der Waals surface area contributed by atoms with E-state index in [0.29, 0.717) is 47.8 Å². The number of phenols is 2. The fourth-order valence-electron chi connectivity index (χ4n) is 4.65. The normalized spacial score (nSPS) is 23.2. The fraction of sp³-hybridized carbons (Fsp3) is 0.552. The number of aliphatic imine (C=N–C) groups is 1. The van der Waals surface area contributed by atoms with Gasteiger partial charge in [0.1, 0.15) is 17.3 Å². The number of carbonyl (C=O) groups is 2. The number of hydrogen-bond acceptors (Lipinski definition) is 5. The summed E-state index contributed by atoms with van der Waals surface area (Å²) < 4.78 is 0. The predicted molar refractivity (Wildman–Crippen MR) is 145 cm³/mol. The maximum atomic E-state index is 12.3. The molecule has 1 aromatic carbocycles. The number of allylic oxidation sites excluding steroid dienone is 4. The van der Waals surface area contributed by atoms with Gasteiger partial charge in [-0.25, -0.2) is 0 Å². The number of phenolic OH excluding ortho intramolecular Hbond substituents is 2. The highest BCUT2D eigenvalue weighted by Crippen LogP contribution is 2.45. The lowest BCUT2D eigenvalue weighted by molar-refractivity contribution is -0.137. The molecule has 0 amide bonds. The van der Waals surface area contributed by atoms with E-state index < -0.39 is 5.97 Å². The summed E-state index contributed by atoms with van der Waals surface area (Å²) in [6.07, 6.45) is 11.7. The first-order valence-corrected chi connectivity index (χ1v) is 13.1. The average Bonchev–Trinajstić information content (AvgIpc) is 2.83. The number of aromatic hydroxyl groups is 2. The van der Waals surface area contributed by atoms with Gasteiger partial charge < -0.3 is 15.3 Å². The third kappa shape index (κ3) is 7.22. The number of aliphatic carboxylic acids is 1. The molecule has 7 heteroatoms. The Morgan fingerprint density at radius 3 is 2.56 bits per heavy atom. The molecule has 0 aliphatic heterocycles. The van der Waals surface area contributed by atoms with Crippen LogP contribution in [0.3, 0.4) is 0 Å². The second-order valence-corrected chi connectivity index (χ2v) is 10.6. The summed E-state index contributed by atoms with van der Waals surface area (Å²) >= 11 is 6.37.